The molecule has 0 bridgehead atoms. The Morgan fingerprint density at radius 3 is 2.22 bits per heavy atom. The van der Waals surface area contributed by atoms with Crippen LogP contribution in [-0.2, 0) is 44.0 Å². The van der Waals surface area contributed by atoms with E-state index in [0.717, 1.165) is 18.1 Å². The van der Waals surface area contributed by atoms with Crippen molar-refractivity contribution in [1.82, 2.24) is 4.90 Å². The highest BCUT2D eigenvalue weighted by Crippen LogP contribution is 2.39. The molecule has 0 fully saturated rings. The minimum absolute atomic E-state index is 0.0880. The lowest BCUT2D eigenvalue weighted by atomic mass is 9.93. The number of alkyl halides is 3. The van der Waals surface area contributed by atoms with E-state index in [1.807, 2.05) is 0 Å². The van der Waals surface area contributed by atoms with E-state index in [9.17, 15) is 31.2 Å². The van der Waals surface area contributed by atoms with Gasteiger partial charge in [-0.25, -0.2) is 9.59 Å². The quantitative estimate of drug-likeness (QED) is 0.300. The van der Waals surface area contributed by atoms with E-state index in [-0.39, 0.29) is 30.9 Å². The number of carbonyl (C=O) groups excluding carboxylic acids is 2. The number of benzene rings is 2. The van der Waals surface area contributed by atoms with Gasteiger partial charge in [0.15, 0.2) is 11.5 Å². The highest BCUT2D eigenvalue weighted by molar-refractivity contribution is 7.88. The van der Waals surface area contributed by atoms with Crippen LogP contribution in [0.3, 0.4) is 0 Å². The number of halogens is 3. The second-order valence-corrected chi connectivity index (χ2v) is 10.7. The fourth-order valence-electron chi connectivity index (χ4n) is 3.53. The van der Waals surface area contributed by atoms with E-state index in [4.69, 9.17) is 14.2 Å². The number of carbonyl (C=O) groups is 2. The predicted octanol–water partition coefficient (Wildman–Crippen LogP) is 4.33. The summed E-state index contributed by atoms with van der Waals surface area (Å²) in [5.41, 5.74) is -5.26. The fourth-order valence-corrected chi connectivity index (χ4v) is 3.99. The molecule has 202 valence electrons. The van der Waals surface area contributed by atoms with Gasteiger partial charge in [-0.1, -0.05) is 30.3 Å². The monoisotopic (exact) mass is 545 g/mol. The number of hydrogen-bond acceptors (Lipinski definition) is 8. The van der Waals surface area contributed by atoms with Gasteiger partial charge in [-0.15, -0.1) is 0 Å². The number of methoxy groups -OCH3 is 1. The maximum absolute atomic E-state index is 13.1. The molecule has 0 saturated heterocycles. The zero-order chi connectivity index (χ0) is 27.6. The summed E-state index contributed by atoms with van der Waals surface area (Å²) in [6, 6.07) is 9.86. The summed E-state index contributed by atoms with van der Waals surface area (Å²) in [7, 11) is -4.87. The van der Waals surface area contributed by atoms with Gasteiger partial charge in [0.1, 0.15) is 18.2 Å². The Bertz CT molecular complexity index is 1260. The average molecular weight is 546 g/mol. The van der Waals surface area contributed by atoms with Crippen LogP contribution in [0.25, 0.3) is 0 Å². The van der Waals surface area contributed by atoms with Gasteiger partial charge in [-0.05, 0) is 49.6 Å². The van der Waals surface area contributed by atoms with Crippen molar-refractivity contribution in [3.05, 3.63) is 59.2 Å². The highest BCUT2D eigenvalue weighted by Gasteiger charge is 2.49. The molecular formula is C24H26F3NO8S. The van der Waals surface area contributed by atoms with Crippen LogP contribution >= 0.6 is 0 Å². The molecule has 2 aromatic rings. The first-order valence-electron chi connectivity index (χ1n) is 11.0. The molecule has 2 aromatic carbocycles. The summed E-state index contributed by atoms with van der Waals surface area (Å²) in [6.45, 7) is 4.48. The van der Waals surface area contributed by atoms with Crippen LogP contribution in [-0.4, -0.2) is 49.6 Å². The molecule has 0 aliphatic carbocycles. The molecular weight excluding hydrogens is 519 g/mol. The van der Waals surface area contributed by atoms with Crippen molar-refractivity contribution in [3.63, 3.8) is 0 Å². The Morgan fingerprint density at radius 1 is 1.03 bits per heavy atom. The number of hydrogen-bond donors (Lipinski definition) is 0. The van der Waals surface area contributed by atoms with Gasteiger partial charge in [-0.3, -0.25) is 4.90 Å². The molecule has 1 atom stereocenters. The topological polar surface area (TPSA) is 108 Å². The number of amides is 1. The van der Waals surface area contributed by atoms with Gasteiger partial charge in [0.2, 0.25) is 0 Å². The van der Waals surface area contributed by atoms with E-state index in [1.165, 1.54) is 6.07 Å². The van der Waals surface area contributed by atoms with Crippen molar-refractivity contribution < 1.29 is 49.6 Å². The average Bonchev–Trinajstić information content (AvgIpc) is 2.80. The summed E-state index contributed by atoms with van der Waals surface area (Å²) in [4.78, 5) is 26.4. The van der Waals surface area contributed by atoms with E-state index in [1.54, 1.807) is 51.1 Å². The second kappa shape index (κ2) is 10.5. The number of nitrogens with zero attached hydrogens (tertiary/aromatic N) is 1. The van der Waals surface area contributed by atoms with Crippen molar-refractivity contribution >= 4 is 22.2 Å². The molecule has 3 rings (SSSR count). The first kappa shape index (κ1) is 28.1. The van der Waals surface area contributed by atoms with E-state index < -0.39 is 45.1 Å². The van der Waals surface area contributed by atoms with E-state index >= 15 is 0 Å². The molecule has 1 aliphatic rings. The molecule has 1 heterocycles. The van der Waals surface area contributed by atoms with Crippen LogP contribution in [0, 0.1) is 0 Å². The zero-order valence-corrected chi connectivity index (χ0v) is 21.3. The largest absolute Gasteiger partial charge is 0.534 e. The standard InChI is InChI=1S/C24H26F3NO8S/c1-23(2,3)35-22(30)28-13-17-12-20(36-37(31,32)24(25,26)27)19(34-14-15-8-6-5-7-9-15)11-16(17)10-18(28)21(29)33-4/h5-9,11-12,18H,10,13-14H2,1-4H3/t18-/m0/s1. The second-order valence-electron chi connectivity index (χ2n) is 9.18. The van der Waals surface area contributed by atoms with Crippen molar-refractivity contribution in [2.24, 2.45) is 0 Å². The summed E-state index contributed by atoms with van der Waals surface area (Å²) < 4.78 is 83.0. The number of ether oxygens (including phenoxy) is 3. The molecule has 0 radical (unpaired) electrons. The maximum atomic E-state index is 13.1. The molecule has 13 heteroatoms. The van der Waals surface area contributed by atoms with Crippen LogP contribution in [0.2, 0.25) is 0 Å². The number of rotatable bonds is 6. The molecule has 0 aromatic heterocycles. The Kier molecular flexibility index (Phi) is 7.96. The summed E-state index contributed by atoms with van der Waals surface area (Å²) in [5.74, 6) is -1.74. The first-order chi connectivity index (χ1) is 17.1. The Morgan fingerprint density at radius 2 is 1.65 bits per heavy atom. The number of fused-ring (bicyclic) bond motifs is 1. The lowest BCUT2D eigenvalue weighted by Crippen LogP contribution is -2.50. The molecule has 0 saturated carbocycles. The smallest absolute Gasteiger partial charge is 0.485 e. The minimum atomic E-state index is -6.02. The van der Waals surface area contributed by atoms with Crippen LogP contribution in [0.4, 0.5) is 18.0 Å². The van der Waals surface area contributed by atoms with Crippen molar-refractivity contribution in [3.8, 4) is 11.5 Å². The van der Waals surface area contributed by atoms with Crippen LogP contribution < -0.4 is 8.92 Å². The van der Waals surface area contributed by atoms with Crippen LogP contribution in [0.15, 0.2) is 42.5 Å². The van der Waals surface area contributed by atoms with Crippen LogP contribution in [0.1, 0.15) is 37.5 Å². The Balaban J connectivity index is 2.04. The van der Waals surface area contributed by atoms with Crippen LogP contribution in [0.5, 0.6) is 11.5 Å². The molecule has 1 amide bonds. The number of esters is 1. The van der Waals surface area contributed by atoms with Gasteiger partial charge in [0, 0.05) is 6.42 Å². The van der Waals surface area contributed by atoms with Gasteiger partial charge in [0.05, 0.1) is 13.7 Å². The SMILES string of the molecule is COC(=O)[C@@H]1Cc2cc(OCc3ccccc3)c(OS(=O)(=O)C(F)(F)F)cc2CN1C(=O)OC(C)(C)C. The molecule has 0 spiro atoms. The van der Waals surface area contributed by atoms with Gasteiger partial charge < -0.3 is 18.4 Å². The predicted molar refractivity (Wildman–Crippen MR) is 124 cm³/mol. The first-order valence-corrected chi connectivity index (χ1v) is 12.4. The molecule has 1 aliphatic heterocycles. The van der Waals surface area contributed by atoms with Crippen molar-refractivity contribution in [1.29, 1.82) is 0 Å². The zero-order valence-electron chi connectivity index (χ0n) is 20.5. The normalized spacial score (nSPS) is 16.0. The molecule has 0 N–H and O–H groups in total. The van der Waals surface area contributed by atoms with Gasteiger partial charge >= 0.3 is 27.7 Å². The van der Waals surface area contributed by atoms with Crippen molar-refractivity contribution in [2.75, 3.05) is 7.11 Å². The lowest BCUT2D eigenvalue weighted by molar-refractivity contribution is -0.147. The third-order valence-electron chi connectivity index (χ3n) is 5.22. The van der Waals surface area contributed by atoms with E-state index in [0.29, 0.717) is 11.1 Å². The Labute approximate surface area is 212 Å². The fraction of sp³-hybridized carbons (Fsp3) is 0.417. The Hall–Kier alpha value is -3.48. The summed E-state index contributed by atoms with van der Waals surface area (Å²) >= 11 is 0. The maximum Gasteiger partial charge on any atom is 0.534 e. The van der Waals surface area contributed by atoms with Crippen molar-refractivity contribution in [2.45, 2.75) is 57.5 Å². The lowest BCUT2D eigenvalue weighted by Gasteiger charge is -2.36. The third kappa shape index (κ3) is 6.85. The molecule has 0 unspecified atom stereocenters. The minimum Gasteiger partial charge on any atom is -0.485 e. The van der Waals surface area contributed by atoms with Gasteiger partial charge in [-0.2, -0.15) is 21.6 Å². The summed E-state index contributed by atoms with van der Waals surface area (Å²) in [5, 5.41) is 0. The van der Waals surface area contributed by atoms with E-state index in [2.05, 4.69) is 4.18 Å². The highest BCUT2D eigenvalue weighted by atomic mass is 32.2. The van der Waals surface area contributed by atoms with Gasteiger partial charge in [0.25, 0.3) is 0 Å². The molecule has 9 nitrogen and oxygen atoms in total. The molecule has 37 heavy (non-hydrogen) atoms. The third-order valence-corrected chi connectivity index (χ3v) is 6.18. The summed E-state index contributed by atoms with van der Waals surface area (Å²) in [6.07, 6.45) is -0.946.